The largest absolute Gasteiger partial charge is 0.352 e. The lowest BCUT2D eigenvalue weighted by Crippen LogP contribution is -2.55. The van der Waals surface area contributed by atoms with Crippen LogP contribution in [0.5, 0.6) is 0 Å². The summed E-state index contributed by atoms with van der Waals surface area (Å²) in [5.41, 5.74) is 1.54. The number of amides is 3. The molecule has 6 nitrogen and oxygen atoms in total. The fourth-order valence-corrected chi connectivity index (χ4v) is 4.53. The molecule has 0 saturated carbocycles. The summed E-state index contributed by atoms with van der Waals surface area (Å²) in [4.78, 5) is 41.1. The van der Waals surface area contributed by atoms with E-state index in [0.29, 0.717) is 31.5 Å². The Hall–Kier alpha value is -2.67. The molecule has 1 aromatic carbocycles. The molecule has 0 radical (unpaired) electrons. The summed E-state index contributed by atoms with van der Waals surface area (Å²) in [6.07, 6.45) is 2.16. The van der Waals surface area contributed by atoms with E-state index in [4.69, 9.17) is 0 Å². The lowest BCUT2D eigenvalue weighted by atomic mass is 9.88. The molecule has 31 heavy (non-hydrogen) atoms. The highest BCUT2D eigenvalue weighted by Gasteiger charge is 2.34. The van der Waals surface area contributed by atoms with Crippen molar-refractivity contribution in [3.8, 4) is 0 Å². The van der Waals surface area contributed by atoms with E-state index >= 15 is 0 Å². The van der Waals surface area contributed by atoms with Crippen LogP contribution in [0.4, 0.5) is 0 Å². The first-order valence-corrected chi connectivity index (χ1v) is 11.8. The van der Waals surface area contributed by atoms with Crippen LogP contribution in [0, 0.1) is 12.8 Å². The van der Waals surface area contributed by atoms with Gasteiger partial charge in [-0.25, -0.2) is 0 Å². The monoisotopic (exact) mass is 441 g/mol. The van der Waals surface area contributed by atoms with Crippen LogP contribution in [0.15, 0.2) is 41.8 Å². The third-order valence-corrected chi connectivity index (χ3v) is 6.74. The number of carbonyl (C=O) groups excluding carboxylic acids is 3. The molecular weight excluding hydrogens is 410 g/mol. The van der Waals surface area contributed by atoms with Gasteiger partial charge >= 0.3 is 0 Å². The summed E-state index contributed by atoms with van der Waals surface area (Å²) in [7, 11) is 0. The van der Waals surface area contributed by atoms with Crippen molar-refractivity contribution in [2.75, 3.05) is 13.1 Å². The molecule has 0 spiro atoms. The van der Waals surface area contributed by atoms with Crippen LogP contribution in [0.1, 0.15) is 58.7 Å². The molecule has 0 unspecified atom stereocenters. The molecule has 1 saturated heterocycles. The minimum absolute atomic E-state index is 0.0230. The molecule has 1 aliphatic heterocycles. The Kier molecular flexibility index (Phi) is 7.85. The molecule has 7 heteroatoms. The number of nitrogens with zero attached hydrogens (tertiary/aromatic N) is 1. The number of piperidine rings is 1. The zero-order chi connectivity index (χ0) is 22.4. The van der Waals surface area contributed by atoms with Gasteiger partial charge < -0.3 is 15.5 Å². The van der Waals surface area contributed by atoms with Crippen LogP contribution in [-0.4, -0.2) is 47.8 Å². The molecule has 2 atom stereocenters. The first-order chi connectivity index (χ1) is 14.9. The van der Waals surface area contributed by atoms with Crippen molar-refractivity contribution in [2.24, 2.45) is 5.92 Å². The number of benzene rings is 1. The summed E-state index contributed by atoms with van der Waals surface area (Å²) in [5, 5.41) is 7.90. The van der Waals surface area contributed by atoms with Gasteiger partial charge in [0, 0.05) is 24.7 Å². The number of likely N-dealkylation sites (tertiary alicyclic amines) is 1. The maximum Gasteiger partial charge on any atom is 0.263 e. The van der Waals surface area contributed by atoms with Gasteiger partial charge in [-0.2, -0.15) is 0 Å². The van der Waals surface area contributed by atoms with Gasteiger partial charge in [0.25, 0.3) is 11.8 Å². The van der Waals surface area contributed by atoms with E-state index < -0.39 is 6.04 Å². The molecule has 1 fully saturated rings. The molecule has 2 N–H and O–H groups in total. The van der Waals surface area contributed by atoms with Crippen LogP contribution >= 0.6 is 11.3 Å². The van der Waals surface area contributed by atoms with Crippen molar-refractivity contribution in [2.45, 2.75) is 52.1 Å². The fourth-order valence-electron chi connectivity index (χ4n) is 3.84. The van der Waals surface area contributed by atoms with Crippen LogP contribution in [0.25, 0.3) is 0 Å². The number of carbonyl (C=O) groups is 3. The lowest BCUT2D eigenvalue weighted by Gasteiger charge is -2.36. The van der Waals surface area contributed by atoms with Crippen molar-refractivity contribution in [1.29, 1.82) is 0 Å². The molecule has 3 amide bonds. The summed E-state index contributed by atoms with van der Waals surface area (Å²) < 4.78 is 0. The Labute approximate surface area is 188 Å². The zero-order valence-electron chi connectivity index (χ0n) is 18.4. The average Bonchev–Trinajstić information content (AvgIpc) is 3.31. The third-order valence-electron chi connectivity index (χ3n) is 5.88. The first-order valence-electron chi connectivity index (χ1n) is 10.9. The molecule has 0 bridgehead atoms. The van der Waals surface area contributed by atoms with E-state index in [9.17, 15) is 14.4 Å². The lowest BCUT2D eigenvalue weighted by molar-refractivity contribution is -0.125. The highest BCUT2D eigenvalue weighted by atomic mass is 32.1. The Balaban J connectivity index is 1.70. The van der Waals surface area contributed by atoms with Crippen molar-refractivity contribution >= 4 is 29.1 Å². The van der Waals surface area contributed by atoms with Crippen LogP contribution in [-0.2, 0) is 4.79 Å². The highest BCUT2D eigenvalue weighted by Crippen LogP contribution is 2.24. The van der Waals surface area contributed by atoms with Crippen molar-refractivity contribution in [1.82, 2.24) is 15.5 Å². The van der Waals surface area contributed by atoms with E-state index in [0.717, 1.165) is 16.9 Å². The van der Waals surface area contributed by atoms with E-state index in [2.05, 4.69) is 10.6 Å². The third kappa shape index (κ3) is 5.94. The Morgan fingerprint density at radius 3 is 2.48 bits per heavy atom. The quantitative estimate of drug-likeness (QED) is 0.689. The Morgan fingerprint density at radius 1 is 1.13 bits per heavy atom. The van der Waals surface area contributed by atoms with Gasteiger partial charge in [-0.05, 0) is 62.6 Å². The Bertz CT molecular complexity index is 905. The van der Waals surface area contributed by atoms with Crippen molar-refractivity contribution in [3.05, 3.63) is 57.8 Å². The number of aryl methyl sites for hydroxylation is 1. The van der Waals surface area contributed by atoms with Gasteiger partial charge in [0.1, 0.15) is 6.04 Å². The van der Waals surface area contributed by atoms with Crippen molar-refractivity contribution in [3.63, 3.8) is 0 Å². The molecule has 166 valence electrons. The molecule has 2 aromatic rings. The SMILES string of the molecule is CC[C@H](C)NC(=O)[C@@H](NC(=O)c1cccc(C)c1)C1CCN(C(=O)c2cccs2)CC1. The van der Waals surface area contributed by atoms with Crippen LogP contribution in [0.3, 0.4) is 0 Å². The predicted molar refractivity (Wildman–Crippen MR) is 123 cm³/mol. The second kappa shape index (κ2) is 10.6. The summed E-state index contributed by atoms with van der Waals surface area (Å²) in [6.45, 7) is 7.06. The summed E-state index contributed by atoms with van der Waals surface area (Å²) in [5.74, 6) is -0.383. The van der Waals surface area contributed by atoms with Gasteiger partial charge in [-0.1, -0.05) is 30.7 Å². The average molecular weight is 442 g/mol. The standard InChI is InChI=1S/C24H31N3O3S/c1-4-17(3)25-23(29)21(26-22(28)19-8-5-7-16(2)15-19)18-10-12-27(13-11-18)24(30)20-9-6-14-31-20/h5-9,14-15,17-18,21H,4,10-13H2,1-3H3,(H,25,29)(H,26,28)/t17-,21-/m0/s1. The molecule has 0 aliphatic carbocycles. The Morgan fingerprint density at radius 2 is 1.87 bits per heavy atom. The minimum Gasteiger partial charge on any atom is -0.352 e. The zero-order valence-corrected chi connectivity index (χ0v) is 19.2. The summed E-state index contributed by atoms with van der Waals surface area (Å²) >= 11 is 1.44. The summed E-state index contributed by atoms with van der Waals surface area (Å²) in [6, 6.07) is 10.5. The van der Waals surface area contributed by atoms with Gasteiger partial charge in [-0.15, -0.1) is 11.3 Å². The van der Waals surface area contributed by atoms with E-state index in [1.807, 2.05) is 61.4 Å². The number of hydrogen-bond acceptors (Lipinski definition) is 4. The van der Waals surface area contributed by atoms with E-state index in [-0.39, 0.29) is 29.7 Å². The molecular formula is C24H31N3O3S. The van der Waals surface area contributed by atoms with E-state index in [1.54, 1.807) is 6.07 Å². The number of thiophene rings is 1. The van der Waals surface area contributed by atoms with Gasteiger partial charge in [0.15, 0.2) is 0 Å². The molecule has 1 aromatic heterocycles. The number of hydrogen-bond donors (Lipinski definition) is 2. The minimum atomic E-state index is -0.624. The van der Waals surface area contributed by atoms with E-state index in [1.165, 1.54) is 11.3 Å². The number of rotatable bonds is 7. The highest BCUT2D eigenvalue weighted by molar-refractivity contribution is 7.12. The second-order valence-corrected chi connectivity index (χ2v) is 9.19. The van der Waals surface area contributed by atoms with Crippen molar-refractivity contribution < 1.29 is 14.4 Å². The van der Waals surface area contributed by atoms with Gasteiger partial charge in [-0.3, -0.25) is 14.4 Å². The molecule has 1 aliphatic rings. The van der Waals surface area contributed by atoms with Crippen LogP contribution < -0.4 is 10.6 Å². The maximum absolute atomic E-state index is 13.0. The number of nitrogens with one attached hydrogen (secondary N) is 2. The molecule has 3 rings (SSSR count). The first kappa shape index (κ1) is 23.0. The van der Waals surface area contributed by atoms with Gasteiger partial charge in [0.05, 0.1) is 4.88 Å². The molecule has 2 heterocycles. The smallest absolute Gasteiger partial charge is 0.263 e. The topological polar surface area (TPSA) is 78.5 Å². The maximum atomic E-state index is 13.0. The normalized spacial score (nSPS) is 16.4. The van der Waals surface area contributed by atoms with Gasteiger partial charge in [0.2, 0.25) is 5.91 Å². The fraction of sp³-hybridized carbons (Fsp3) is 0.458. The predicted octanol–water partition coefficient (Wildman–Crippen LogP) is 3.62. The van der Waals surface area contributed by atoms with Crippen LogP contribution in [0.2, 0.25) is 0 Å². The second-order valence-electron chi connectivity index (χ2n) is 8.25.